The maximum Gasteiger partial charge on any atom is 0.283 e. The second kappa shape index (κ2) is 7.82. The van der Waals surface area contributed by atoms with Crippen LogP contribution in [0.3, 0.4) is 0 Å². The van der Waals surface area contributed by atoms with Gasteiger partial charge in [-0.1, -0.05) is 6.92 Å². The Balaban J connectivity index is 1.41. The Labute approximate surface area is 174 Å². The van der Waals surface area contributed by atoms with Gasteiger partial charge in [0.1, 0.15) is 0 Å². The number of benzene rings is 1. The van der Waals surface area contributed by atoms with Crippen LogP contribution in [0.5, 0.6) is 0 Å². The van der Waals surface area contributed by atoms with Crippen molar-refractivity contribution in [1.82, 2.24) is 20.1 Å². The van der Waals surface area contributed by atoms with Crippen molar-refractivity contribution in [3.63, 3.8) is 0 Å². The maximum absolute atomic E-state index is 13.3. The summed E-state index contributed by atoms with van der Waals surface area (Å²) in [6.45, 7) is 2.93. The summed E-state index contributed by atoms with van der Waals surface area (Å²) in [5.41, 5.74) is 4.49. The molecule has 3 heterocycles. The number of carbonyl (C=O) groups excluding carboxylic acids is 1. The van der Waals surface area contributed by atoms with Crippen LogP contribution in [0.25, 0.3) is 22.6 Å². The van der Waals surface area contributed by atoms with Gasteiger partial charge in [0.25, 0.3) is 11.8 Å². The number of H-pyrrole nitrogens is 1. The molecule has 0 saturated carbocycles. The molecule has 0 saturated heterocycles. The summed E-state index contributed by atoms with van der Waals surface area (Å²) in [5, 5.41) is 9.30. The van der Waals surface area contributed by atoms with Gasteiger partial charge in [0.15, 0.2) is 5.76 Å². The number of aryl methyl sites for hydroxylation is 2. The normalized spacial score (nSPS) is 13.5. The molecule has 30 heavy (non-hydrogen) atoms. The minimum atomic E-state index is -0.0257. The van der Waals surface area contributed by atoms with Crippen molar-refractivity contribution < 1.29 is 13.6 Å². The van der Waals surface area contributed by atoms with Crippen molar-refractivity contribution in [2.24, 2.45) is 0 Å². The van der Waals surface area contributed by atoms with Gasteiger partial charge >= 0.3 is 0 Å². The third-order valence-corrected chi connectivity index (χ3v) is 5.65. The van der Waals surface area contributed by atoms with Crippen molar-refractivity contribution in [2.45, 2.75) is 45.6 Å². The first-order valence-corrected chi connectivity index (χ1v) is 10.5. The molecular weight excluding hydrogens is 380 g/mol. The fourth-order valence-corrected chi connectivity index (χ4v) is 4.22. The van der Waals surface area contributed by atoms with E-state index in [1.54, 1.807) is 23.3 Å². The Morgan fingerprint density at radius 2 is 2.10 bits per heavy atom. The van der Waals surface area contributed by atoms with Crippen LogP contribution < -0.4 is 0 Å². The van der Waals surface area contributed by atoms with Crippen LogP contribution in [0.1, 0.15) is 53.7 Å². The molecule has 0 unspecified atom stereocenters. The molecule has 1 N–H and O–H groups in total. The molecule has 0 bridgehead atoms. The van der Waals surface area contributed by atoms with E-state index in [0.29, 0.717) is 29.6 Å². The van der Waals surface area contributed by atoms with Gasteiger partial charge in [-0.15, -0.1) is 10.2 Å². The first-order valence-electron chi connectivity index (χ1n) is 10.5. The molecule has 154 valence electrons. The lowest BCUT2D eigenvalue weighted by atomic mass is 9.95. The average Bonchev–Trinajstić information content (AvgIpc) is 3.51. The predicted molar refractivity (Wildman–Crippen MR) is 112 cm³/mol. The fraction of sp³-hybridized carbons (Fsp3) is 0.348. The van der Waals surface area contributed by atoms with E-state index in [1.807, 2.05) is 25.1 Å². The van der Waals surface area contributed by atoms with Gasteiger partial charge in [-0.3, -0.25) is 4.79 Å². The van der Waals surface area contributed by atoms with Crippen molar-refractivity contribution in [1.29, 1.82) is 0 Å². The number of rotatable bonds is 6. The molecule has 5 rings (SSSR count). The van der Waals surface area contributed by atoms with E-state index in [1.165, 1.54) is 29.5 Å². The van der Waals surface area contributed by atoms with Crippen LogP contribution in [0.2, 0.25) is 0 Å². The monoisotopic (exact) mass is 404 g/mol. The zero-order chi connectivity index (χ0) is 20.5. The standard InChI is InChI=1S/C23H24N4O3/c1-2-11-27(14-21-25-26-22(30-21)20-8-5-12-29-20)23(28)15-9-10-19-17(13-15)16-6-3-4-7-18(16)24-19/h5,8-10,12-13,24H,2-4,6-7,11,14H2,1H3. The molecule has 7 nitrogen and oxygen atoms in total. The Hall–Kier alpha value is -3.35. The van der Waals surface area contributed by atoms with Crippen LogP contribution in [0.15, 0.2) is 45.4 Å². The lowest BCUT2D eigenvalue weighted by molar-refractivity contribution is 0.0729. The Bertz CT molecular complexity index is 1170. The van der Waals surface area contributed by atoms with E-state index >= 15 is 0 Å². The third kappa shape index (κ3) is 3.40. The van der Waals surface area contributed by atoms with Crippen LogP contribution in [-0.4, -0.2) is 32.5 Å². The molecule has 4 aromatic rings. The minimum Gasteiger partial charge on any atom is -0.459 e. The van der Waals surface area contributed by atoms with Crippen molar-refractivity contribution in [3.05, 3.63) is 59.3 Å². The van der Waals surface area contributed by atoms with Crippen molar-refractivity contribution in [2.75, 3.05) is 6.54 Å². The molecule has 0 spiro atoms. The number of fused-ring (bicyclic) bond motifs is 3. The summed E-state index contributed by atoms with van der Waals surface area (Å²) in [6, 6.07) is 9.48. The predicted octanol–water partition coefficient (Wildman–Crippen LogP) is 4.74. The van der Waals surface area contributed by atoms with Crippen LogP contribution in [-0.2, 0) is 19.4 Å². The first-order chi connectivity index (χ1) is 14.7. The molecule has 1 amide bonds. The summed E-state index contributed by atoms with van der Waals surface area (Å²) >= 11 is 0. The van der Waals surface area contributed by atoms with Gasteiger partial charge in [0, 0.05) is 28.7 Å². The molecule has 0 atom stereocenters. The molecule has 0 aliphatic heterocycles. The topological polar surface area (TPSA) is 88.2 Å². The van der Waals surface area contributed by atoms with E-state index in [9.17, 15) is 4.79 Å². The molecule has 1 aromatic carbocycles. The average molecular weight is 404 g/mol. The summed E-state index contributed by atoms with van der Waals surface area (Å²) in [6.07, 6.45) is 6.98. The lowest BCUT2D eigenvalue weighted by Gasteiger charge is -2.20. The molecule has 3 aromatic heterocycles. The molecule has 1 aliphatic carbocycles. The zero-order valence-corrected chi connectivity index (χ0v) is 17.0. The Kier molecular flexibility index (Phi) is 4.86. The highest BCUT2D eigenvalue weighted by Gasteiger charge is 2.21. The van der Waals surface area contributed by atoms with Gasteiger partial charge in [-0.05, 0) is 68.0 Å². The van der Waals surface area contributed by atoms with E-state index < -0.39 is 0 Å². The summed E-state index contributed by atoms with van der Waals surface area (Å²) in [7, 11) is 0. The highest BCUT2D eigenvalue weighted by molar-refractivity contribution is 5.99. The first kappa shape index (κ1) is 18.7. The lowest BCUT2D eigenvalue weighted by Crippen LogP contribution is -2.31. The fourth-order valence-electron chi connectivity index (χ4n) is 4.22. The maximum atomic E-state index is 13.3. The molecule has 0 radical (unpaired) electrons. The number of aromatic nitrogens is 3. The van der Waals surface area contributed by atoms with Gasteiger partial charge in [0.05, 0.1) is 12.8 Å². The number of furan rings is 1. The van der Waals surface area contributed by atoms with E-state index in [4.69, 9.17) is 8.83 Å². The largest absolute Gasteiger partial charge is 0.459 e. The van der Waals surface area contributed by atoms with Crippen LogP contribution >= 0.6 is 0 Å². The van der Waals surface area contributed by atoms with E-state index in [-0.39, 0.29) is 12.5 Å². The Morgan fingerprint density at radius 1 is 1.20 bits per heavy atom. The van der Waals surface area contributed by atoms with Gasteiger partial charge < -0.3 is 18.7 Å². The Morgan fingerprint density at radius 3 is 2.93 bits per heavy atom. The molecule has 7 heteroatoms. The quantitative estimate of drug-likeness (QED) is 0.501. The highest BCUT2D eigenvalue weighted by Crippen LogP contribution is 2.30. The summed E-state index contributed by atoms with van der Waals surface area (Å²) < 4.78 is 11.0. The number of hydrogen-bond acceptors (Lipinski definition) is 5. The zero-order valence-electron chi connectivity index (χ0n) is 17.0. The number of nitrogens with zero attached hydrogens (tertiary/aromatic N) is 3. The van der Waals surface area contributed by atoms with Crippen LogP contribution in [0.4, 0.5) is 0 Å². The van der Waals surface area contributed by atoms with Gasteiger partial charge in [-0.25, -0.2) is 0 Å². The van der Waals surface area contributed by atoms with Crippen LogP contribution in [0, 0.1) is 0 Å². The summed E-state index contributed by atoms with van der Waals surface area (Å²) in [4.78, 5) is 18.6. The molecule has 0 fully saturated rings. The second-order valence-corrected chi connectivity index (χ2v) is 7.75. The molecular formula is C23H24N4O3. The minimum absolute atomic E-state index is 0.0257. The number of hydrogen-bond donors (Lipinski definition) is 1. The van der Waals surface area contributed by atoms with Crippen molar-refractivity contribution >= 4 is 16.8 Å². The second-order valence-electron chi connectivity index (χ2n) is 7.75. The van der Waals surface area contributed by atoms with Gasteiger partial charge in [0.2, 0.25) is 5.89 Å². The highest BCUT2D eigenvalue weighted by atomic mass is 16.4. The molecule has 1 aliphatic rings. The van der Waals surface area contributed by atoms with Gasteiger partial charge in [-0.2, -0.15) is 0 Å². The third-order valence-electron chi connectivity index (χ3n) is 5.65. The number of carbonyl (C=O) groups is 1. The summed E-state index contributed by atoms with van der Waals surface area (Å²) in [5.74, 6) is 1.20. The number of aromatic amines is 1. The number of amides is 1. The number of nitrogens with one attached hydrogen (secondary N) is 1. The van der Waals surface area contributed by atoms with Crippen molar-refractivity contribution in [3.8, 4) is 11.7 Å². The van der Waals surface area contributed by atoms with E-state index in [2.05, 4.69) is 15.2 Å². The van der Waals surface area contributed by atoms with E-state index in [0.717, 1.165) is 24.8 Å². The smallest absolute Gasteiger partial charge is 0.283 e. The SMILES string of the molecule is CCCN(Cc1nnc(-c2ccco2)o1)C(=O)c1ccc2[nH]c3c(c2c1)CCCC3.